The number of hydrogen-bond acceptors (Lipinski definition) is 10. The number of hydrogen-bond donors (Lipinski definition) is 2. The number of fused-ring (bicyclic) bond motifs is 2. The number of aryl methyl sites for hydroxylation is 1. The molecule has 1 aliphatic heterocycles. The van der Waals surface area contributed by atoms with E-state index in [1.54, 1.807) is 11.8 Å². The van der Waals surface area contributed by atoms with Crippen LogP contribution in [-0.4, -0.2) is 76.5 Å². The van der Waals surface area contributed by atoms with Crippen molar-refractivity contribution in [1.29, 1.82) is 0 Å². The first-order valence-corrected chi connectivity index (χ1v) is 21.7. The Balaban J connectivity index is 1.42. The molecule has 1 aromatic heterocycles. The third-order valence-corrected chi connectivity index (χ3v) is 13.1. The average molecular weight is 773 g/mol. The Morgan fingerprint density at radius 3 is 2.56 bits per heavy atom. The molecule has 0 amide bonds. The first-order valence-electron chi connectivity index (χ1n) is 19.6. The smallest absolute Gasteiger partial charge is 0.230 e. The summed E-state index contributed by atoms with van der Waals surface area (Å²) in [5.74, 6) is 2.75. The van der Waals surface area contributed by atoms with Crippen LogP contribution in [-0.2, 0) is 16.0 Å². The van der Waals surface area contributed by atoms with E-state index in [1.807, 2.05) is 49.3 Å². The monoisotopic (exact) mass is 772 g/mol. The molecule has 6 rings (SSSR count). The van der Waals surface area contributed by atoms with E-state index in [-0.39, 0.29) is 42.1 Å². The van der Waals surface area contributed by atoms with Gasteiger partial charge in [0.1, 0.15) is 18.1 Å². The molecule has 6 atom stereocenters. The summed E-state index contributed by atoms with van der Waals surface area (Å²) in [6, 6.07) is 20.9. The fourth-order valence-corrected chi connectivity index (χ4v) is 10.6. The van der Waals surface area contributed by atoms with E-state index in [1.165, 1.54) is 10.5 Å². The van der Waals surface area contributed by atoms with Gasteiger partial charge in [-0.1, -0.05) is 48.3 Å². The molecule has 54 heavy (non-hydrogen) atoms. The lowest BCUT2D eigenvalue weighted by Gasteiger charge is -2.58. The van der Waals surface area contributed by atoms with E-state index in [4.69, 9.17) is 24.2 Å². The normalized spacial score (nSPS) is 24.9. The van der Waals surface area contributed by atoms with Gasteiger partial charge in [-0.3, -0.25) is 4.98 Å². The molecule has 0 bridgehead atoms. The average Bonchev–Trinajstić information content (AvgIpc) is 3.20. The fourth-order valence-electron chi connectivity index (χ4n) is 8.41. The largest absolute Gasteiger partial charge is 0.493 e. The summed E-state index contributed by atoms with van der Waals surface area (Å²) in [6.45, 7) is 7.78. The van der Waals surface area contributed by atoms with E-state index in [2.05, 4.69) is 66.2 Å². The zero-order valence-electron chi connectivity index (χ0n) is 31.5. The first-order chi connectivity index (χ1) is 26.6. The minimum Gasteiger partial charge on any atom is -0.493 e. The first kappa shape index (κ1) is 40.4. The van der Waals surface area contributed by atoms with Crippen LogP contribution >= 0.6 is 23.5 Å². The highest BCUT2D eigenvalue weighted by molar-refractivity contribution is 8.00. The van der Waals surface area contributed by atoms with Crippen molar-refractivity contribution in [2.45, 2.75) is 80.1 Å². The van der Waals surface area contributed by atoms with Crippen molar-refractivity contribution < 1.29 is 29.3 Å². The number of ether oxygens (including phenoxy) is 3. The maximum Gasteiger partial charge on any atom is 0.230 e. The van der Waals surface area contributed by atoms with Crippen LogP contribution < -0.4 is 9.47 Å². The number of aromatic nitrogens is 1. The predicted octanol–water partition coefficient (Wildman–Crippen LogP) is 8.88. The Morgan fingerprint density at radius 1 is 1.00 bits per heavy atom. The van der Waals surface area contributed by atoms with Gasteiger partial charge >= 0.3 is 0 Å². The fraction of sp³-hybridized carbons (Fsp3) is 0.500. The van der Waals surface area contributed by atoms with Gasteiger partial charge in [0.15, 0.2) is 0 Å². The number of allylic oxidation sites excluding steroid dienone is 1. The summed E-state index contributed by atoms with van der Waals surface area (Å²) in [4.78, 5) is 11.3. The minimum absolute atomic E-state index is 0.0362. The Morgan fingerprint density at radius 2 is 1.80 bits per heavy atom. The van der Waals surface area contributed by atoms with Crippen LogP contribution in [0.15, 0.2) is 107 Å². The Bertz CT molecular complexity index is 1670. The second-order valence-corrected chi connectivity index (χ2v) is 16.6. The van der Waals surface area contributed by atoms with E-state index >= 15 is 0 Å². The summed E-state index contributed by atoms with van der Waals surface area (Å²) in [5, 5.41) is 24.4. The minimum atomic E-state index is -0.980. The van der Waals surface area contributed by atoms with E-state index in [0.29, 0.717) is 26.2 Å². The zero-order valence-corrected chi connectivity index (χ0v) is 33.2. The number of oxime groups is 1. The Labute approximate surface area is 329 Å². The molecule has 2 aromatic carbocycles. The van der Waals surface area contributed by atoms with Crippen molar-refractivity contribution in [3.8, 4) is 11.5 Å². The molecule has 2 aliphatic carbocycles. The van der Waals surface area contributed by atoms with Gasteiger partial charge in [-0.2, -0.15) is 11.8 Å². The number of unbranched alkanes of at least 4 members (excludes halogenated alkanes) is 2. The van der Waals surface area contributed by atoms with Crippen molar-refractivity contribution in [3.05, 3.63) is 108 Å². The van der Waals surface area contributed by atoms with Crippen LogP contribution in [0.2, 0.25) is 0 Å². The molecule has 0 radical (unpaired) electrons. The van der Waals surface area contributed by atoms with Gasteiger partial charge in [-0.05, 0) is 110 Å². The summed E-state index contributed by atoms with van der Waals surface area (Å²) in [7, 11) is 0. The number of benzene rings is 2. The maximum atomic E-state index is 9.88. The van der Waals surface area contributed by atoms with Crippen LogP contribution in [0.5, 0.6) is 11.5 Å². The van der Waals surface area contributed by atoms with Crippen LogP contribution in [0.4, 0.5) is 0 Å². The molecule has 3 aliphatic rings. The molecule has 8 nitrogen and oxygen atoms in total. The summed E-state index contributed by atoms with van der Waals surface area (Å²) in [5.41, 5.74) is 4.49. The molecule has 2 heterocycles. The van der Waals surface area contributed by atoms with Gasteiger partial charge in [0.2, 0.25) is 5.79 Å². The van der Waals surface area contributed by atoms with Crippen molar-refractivity contribution in [3.63, 3.8) is 0 Å². The molecule has 3 aromatic rings. The summed E-state index contributed by atoms with van der Waals surface area (Å²) in [6.07, 6.45) is 14.7. The van der Waals surface area contributed by atoms with Crippen molar-refractivity contribution >= 4 is 29.2 Å². The topological polar surface area (TPSA) is 103 Å². The third-order valence-electron chi connectivity index (χ3n) is 10.7. The second-order valence-electron chi connectivity index (χ2n) is 14.1. The van der Waals surface area contributed by atoms with Crippen molar-refractivity contribution in [2.75, 3.05) is 44.5 Å². The number of aliphatic hydroxyl groups excluding tert-OH is 2. The summed E-state index contributed by atoms with van der Waals surface area (Å²) >= 11 is 3.66. The number of thioether (sulfide) groups is 2. The third kappa shape index (κ3) is 9.74. The van der Waals surface area contributed by atoms with Crippen LogP contribution in [0.25, 0.3) is 0 Å². The molecule has 0 saturated heterocycles. The van der Waals surface area contributed by atoms with Crippen molar-refractivity contribution in [1.82, 2.24) is 4.98 Å². The lowest BCUT2D eigenvalue weighted by molar-refractivity contribution is -0.223. The Hall–Kier alpha value is -3.28. The van der Waals surface area contributed by atoms with Gasteiger partial charge in [0, 0.05) is 54.2 Å². The SMILES string of the molecule is C=CCO[C@@]12Oc3ccc(OCCSc4ccccc4)cc3[C@H]3[C@H](CCCCO)[C@@H](CCCCO)C=C(C(=NOCC)C[C@@H]1SCCc1ccncc1)[C@H]32. The predicted molar refractivity (Wildman–Crippen MR) is 220 cm³/mol. The maximum absolute atomic E-state index is 9.88. The van der Waals surface area contributed by atoms with Crippen molar-refractivity contribution in [2.24, 2.45) is 22.9 Å². The van der Waals surface area contributed by atoms with Gasteiger partial charge in [0.05, 0.1) is 30.1 Å². The Kier molecular flexibility index (Phi) is 15.4. The standard InChI is InChI=1S/C44H56N2O6S2/c1-3-25-50-44-41(54-27-20-32-18-21-45-22-19-32)31-39(46-51-4-2)37-29-33(12-8-10-23-47)36(15-9-11-24-48)42(43(37)44)38-30-34(16-17-40(38)52-44)49-26-28-53-35-13-6-5-7-14-35/h3,5-7,13-14,16-19,21-22,29-30,33,36,41-43,47-48H,1,4,8-12,15,20,23-28,31H2,2H3/t33-,36+,41-,42+,43+,44+/m0/s1. The number of rotatable bonds is 22. The number of nitrogens with zero attached hydrogens (tertiary/aromatic N) is 2. The summed E-state index contributed by atoms with van der Waals surface area (Å²) < 4.78 is 20.8. The van der Waals surface area contributed by atoms with Gasteiger partial charge in [-0.25, -0.2) is 0 Å². The molecule has 290 valence electrons. The van der Waals surface area contributed by atoms with Crippen LogP contribution in [0, 0.1) is 17.8 Å². The molecule has 0 spiro atoms. The highest BCUT2D eigenvalue weighted by Gasteiger charge is 2.63. The quantitative estimate of drug-likeness (QED) is 0.0449. The lowest BCUT2D eigenvalue weighted by Crippen LogP contribution is -2.64. The molecular weight excluding hydrogens is 717 g/mol. The molecule has 1 fully saturated rings. The van der Waals surface area contributed by atoms with Gasteiger partial charge in [0.25, 0.3) is 0 Å². The van der Waals surface area contributed by atoms with E-state index < -0.39 is 5.79 Å². The second kappa shape index (κ2) is 20.6. The van der Waals surface area contributed by atoms with Gasteiger partial charge in [-0.15, -0.1) is 18.3 Å². The molecule has 10 heteroatoms. The van der Waals surface area contributed by atoms with Crippen LogP contribution in [0.1, 0.15) is 68.9 Å². The molecule has 1 saturated carbocycles. The zero-order chi connectivity index (χ0) is 37.6. The van der Waals surface area contributed by atoms with Crippen LogP contribution in [0.3, 0.4) is 0 Å². The lowest BCUT2D eigenvalue weighted by atomic mass is 9.56. The number of pyridine rings is 1. The highest BCUT2D eigenvalue weighted by atomic mass is 32.2. The molecular formula is C44H56N2O6S2. The number of aliphatic hydroxyl groups is 2. The highest BCUT2D eigenvalue weighted by Crippen LogP contribution is 2.62. The molecule has 0 unspecified atom stereocenters. The van der Waals surface area contributed by atoms with E-state index in [9.17, 15) is 10.2 Å². The van der Waals surface area contributed by atoms with Gasteiger partial charge < -0.3 is 29.3 Å². The molecule has 2 N–H and O–H groups in total. The van der Waals surface area contributed by atoms with E-state index in [0.717, 1.165) is 84.8 Å².